The molecule has 0 aromatic heterocycles. The predicted octanol–water partition coefficient (Wildman–Crippen LogP) is 2.56. The van der Waals surface area contributed by atoms with Crippen molar-refractivity contribution in [2.45, 2.75) is 13.0 Å². The lowest BCUT2D eigenvalue weighted by Crippen LogP contribution is -2.33. The van der Waals surface area contributed by atoms with Gasteiger partial charge in [0, 0.05) is 13.1 Å². The van der Waals surface area contributed by atoms with E-state index < -0.39 is 0 Å². The highest BCUT2D eigenvalue weighted by atomic mass is 79.9. The summed E-state index contributed by atoms with van der Waals surface area (Å²) in [6, 6.07) is 3.70. The van der Waals surface area contributed by atoms with E-state index in [9.17, 15) is 4.39 Å². The third kappa shape index (κ3) is 2.22. The molecular formula is C11H13BrFNO. The first kappa shape index (κ1) is 11.0. The number of halogens is 2. The summed E-state index contributed by atoms with van der Waals surface area (Å²) in [5.74, 6) is -0.193. The molecule has 0 saturated carbocycles. The van der Waals surface area contributed by atoms with Crippen LogP contribution < -0.4 is 5.32 Å². The van der Waals surface area contributed by atoms with Crippen LogP contribution in [0.2, 0.25) is 0 Å². The predicted molar refractivity (Wildman–Crippen MR) is 60.4 cm³/mol. The highest BCUT2D eigenvalue weighted by Crippen LogP contribution is 2.30. The van der Waals surface area contributed by atoms with Gasteiger partial charge in [0.1, 0.15) is 5.82 Å². The monoisotopic (exact) mass is 273 g/mol. The number of hydrogen-bond donors (Lipinski definition) is 1. The zero-order valence-corrected chi connectivity index (χ0v) is 10.1. The van der Waals surface area contributed by atoms with Gasteiger partial charge in [-0.25, -0.2) is 4.39 Å². The van der Waals surface area contributed by atoms with Crippen LogP contribution in [0.15, 0.2) is 16.6 Å². The van der Waals surface area contributed by atoms with Crippen LogP contribution in [0.4, 0.5) is 4.39 Å². The van der Waals surface area contributed by atoms with E-state index in [1.807, 2.05) is 6.07 Å². The molecule has 2 nitrogen and oxygen atoms in total. The van der Waals surface area contributed by atoms with Gasteiger partial charge in [0.15, 0.2) is 0 Å². The Balaban J connectivity index is 2.31. The van der Waals surface area contributed by atoms with Gasteiger partial charge in [-0.3, -0.25) is 0 Å². The number of ether oxygens (including phenoxy) is 1. The fourth-order valence-corrected chi connectivity index (χ4v) is 2.37. The van der Waals surface area contributed by atoms with Gasteiger partial charge in [0.2, 0.25) is 0 Å². The topological polar surface area (TPSA) is 21.3 Å². The quantitative estimate of drug-likeness (QED) is 0.849. The first-order chi connectivity index (χ1) is 7.20. The molecule has 0 aliphatic carbocycles. The second-order valence-corrected chi connectivity index (χ2v) is 4.46. The van der Waals surface area contributed by atoms with Crippen LogP contribution in [0.1, 0.15) is 17.2 Å². The van der Waals surface area contributed by atoms with E-state index in [0.717, 1.165) is 18.7 Å². The fourth-order valence-electron chi connectivity index (χ4n) is 1.67. The van der Waals surface area contributed by atoms with Crippen molar-refractivity contribution in [1.82, 2.24) is 5.32 Å². The summed E-state index contributed by atoms with van der Waals surface area (Å²) in [6.07, 6.45) is -0.0526. The summed E-state index contributed by atoms with van der Waals surface area (Å²) in [5.41, 5.74) is 1.53. The molecule has 1 unspecified atom stereocenters. The maximum absolute atomic E-state index is 13.6. The average Bonchev–Trinajstić information content (AvgIpc) is 2.27. The summed E-state index contributed by atoms with van der Waals surface area (Å²) < 4.78 is 19.7. The molecule has 4 heteroatoms. The Morgan fingerprint density at radius 2 is 2.33 bits per heavy atom. The second-order valence-electron chi connectivity index (χ2n) is 3.66. The third-order valence-electron chi connectivity index (χ3n) is 2.58. The van der Waals surface area contributed by atoms with Crippen molar-refractivity contribution < 1.29 is 9.13 Å². The molecule has 0 bridgehead atoms. The summed E-state index contributed by atoms with van der Waals surface area (Å²) in [7, 11) is 0. The van der Waals surface area contributed by atoms with Crippen LogP contribution in [0, 0.1) is 12.7 Å². The molecule has 1 heterocycles. The van der Waals surface area contributed by atoms with Gasteiger partial charge in [-0.15, -0.1) is 0 Å². The Morgan fingerprint density at radius 3 is 3.00 bits per heavy atom. The second kappa shape index (κ2) is 4.60. The number of morpholine rings is 1. The van der Waals surface area contributed by atoms with E-state index in [1.54, 1.807) is 13.0 Å². The van der Waals surface area contributed by atoms with Crippen LogP contribution >= 0.6 is 15.9 Å². The lowest BCUT2D eigenvalue weighted by atomic mass is 10.1. The largest absolute Gasteiger partial charge is 0.371 e. The smallest absolute Gasteiger partial charge is 0.140 e. The molecule has 1 fully saturated rings. The molecule has 1 N–H and O–H groups in total. The van der Waals surface area contributed by atoms with Gasteiger partial charge in [-0.2, -0.15) is 0 Å². The van der Waals surface area contributed by atoms with Crippen LogP contribution in [-0.4, -0.2) is 19.7 Å². The van der Waals surface area contributed by atoms with Gasteiger partial charge in [-0.05, 0) is 34.0 Å². The molecule has 0 amide bonds. The molecule has 0 radical (unpaired) electrons. The lowest BCUT2D eigenvalue weighted by molar-refractivity contribution is 0.0270. The van der Waals surface area contributed by atoms with E-state index in [1.165, 1.54) is 0 Å². The minimum Gasteiger partial charge on any atom is -0.371 e. The van der Waals surface area contributed by atoms with Gasteiger partial charge in [0.05, 0.1) is 17.2 Å². The van der Waals surface area contributed by atoms with Crippen molar-refractivity contribution >= 4 is 15.9 Å². The van der Waals surface area contributed by atoms with Gasteiger partial charge >= 0.3 is 0 Å². The first-order valence-electron chi connectivity index (χ1n) is 4.97. The summed E-state index contributed by atoms with van der Waals surface area (Å²) in [4.78, 5) is 0. The van der Waals surface area contributed by atoms with E-state index >= 15 is 0 Å². The maximum Gasteiger partial charge on any atom is 0.140 e. The van der Waals surface area contributed by atoms with Crippen molar-refractivity contribution in [3.8, 4) is 0 Å². The Hall–Kier alpha value is -0.450. The van der Waals surface area contributed by atoms with Crippen LogP contribution in [-0.2, 0) is 4.74 Å². The molecule has 2 rings (SSSR count). The summed E-state index contributed by atoms with van der Waals surface area (Å²) in [6.45, 7) is 4.03. The Kier molecular flexibility index (Phi) is 3.38. The number of nitrogens with one attached hydrogen (secondary N) is 1. The van der Waals surface area contributed by atoms with Crippen LogP contribution in [0.3, 0.4) is 0 Å². The molecule has 1 aromatic rings. The standard InChI is InChI=1S/C11H13BrFNO/c1-7-2-3-8(10(12)11(7)13)9-6-14-4-5-15-9/h2-3,9,14H,4-6H2,1H3. The van der Waals surface area contributed by atoms with Crippen molar-refractivity contribution in [3.63, 3.8) is 0 Å². The van der Waals surface area contributed by atoms with Gasteiger partial charge in [0.25, 0.3) is 0 Å². The minimum atomic E-state index is -0.193. The van der Waals surface area contributed by atoms with E-state index in [-0.39, 0.29) is 11.9 Å². The Bertz CT molecular complexity index is 364. The first-order valence-corrected chi connectivity index (χ1v) is 5.76. The highest BCUT2D eigenvalue weighted by molar-refractivity contribution is 9.10. The van der Waals surface area contributed by atoms with Gasteiger partial charge < -0.3 is 10.1 Å². The minimum absolute atomic E-state index is 0.0526. The normalized spacial score (nSPS) is 21.7. The van der Waals surface area contributed by atoms with E-state index in [0.29, 0.717) is 16.6 Å². The lowest BCUT2D eigenvalue weighted by Gasteiger charge is -2.25. The van der Waals surface area contributed by atoms with Crippen LogP contribution in [0.25, 0.3) is 0 Å². The molecule has 15 heavy (non-hydrogen) atoms. The summed E-state index contributed by atoms with van der Waals surface area (Å²) in [5, 5.41) is 3.23. The number of benzene rings is 1. The Labute approximate surface area is 96.9 Å². The van der Waals surface area contributed by atoms with Crippen LogP contribution in [0.5, 0.6) is 0 Å². The highest BCUT2D eigenvalue weighted by Gasteiger charge is 2.20. The molecule has 82 valence electrons. The fraction of sp³-hybridized carbons (Fsp3) is 0.455. The number of aryl methyl sites for hydroxylation is 1. The molecule has 1 saturated heterocycles. The van der Waals surface area contributed by atoms with E-state index in [2.05, 4.69) is 21.2 Å². The molecule has 0 spiro atoms. The molecule has 1 aliphatic heterocycles. The average molecular weight is 274 g/mol. The van der Waals surface area contributed by atoms with Gasteiger partial charge in [-0.1, -0.05) is 12.1 Å². The van der Waals surface area contributed by atoms with Crippen molar-refractivity contribution in [3.05, 3.63) is 33.5 Å². The Morgan fingerprint density at radius 1 is 1.53 bits per heavy atom. The maximum atomic E-state index is 13.6. The zero-order chi connectivity index (χ0) is 10.8. The van der Waals surface area contributed by atoms with Crippen molar-refractivity contribution in [1.29, 1.82) is 0 Å². The number of hydrogen-bond acceptors (Lipinski definition) is 2. The number of rotatable bonds is 1. The van der Waals surface area contributed by atoms with E-state index in [4.69, 9.17) is 4.74 Å². The van der Waals surface area contributed by atoms with Crippen molar-refractivity contribution in [2.75, 3.05) is 19.7 Å². The zero-order valence-electron chi connectivity index (χ0n) is 8.52. The van der Waals surface area contributed by atoms with Crippen molar-refractivity contribution in [2.24, 2.45) is 0 Å². The third-order valence-corrected chi connectivity index (χ3v) is 3.39. The molecule has 1 aliphatic rings. The molecule has 1 atom stereocenters. The SMILES string of the molecule is Cc1ccc(C2CNCCO2)c(Br)c1F. The molecular weight excluding hydrogens is 261 g/mol. The molecule has 1 aromatic carbocycles. The summed E-state index contributed by atoms with van der Waals surface area (Å²) >= 11 is 3.28.